The van der Waals surface area contributed by atoms with E-state index >= 15 is 0 Å². The average molecular weight is 292 g/mol. The lowest BCUT2D eigenvalue weighted by molar-refractivity contribution is 0.0750. The van der Waals surface area contributed by atoms with Crippen LogP contribution in [0, 0.1) is 0 Å². The van der Waals surface area contributed by atoms with Gasteiger partial charge in [0.15, 0.2) is 0 Å². The van der Waals surface area contributed by atoms with E-state index < -0.39 is 0 Å². The van der Waals surface area contributed by atoms with Crippen LogP contribution in [0.1, 0.15) is 22.5 Å². The van der Waals surface area contributed by atoms with Crippen LogP contribution in [0.2, 0.25) is 0 Å². The van der Waals surface area contributed by atoms with Gasteiger partial charge in [0.05, 0.1) is 4.88 Å². The minimum absolute atomic E-state index is 0.111. The third kappa shape index (κ3) is 2.53. The summed E-state index contributed by atoms with van der Waals surface area (Å²) in [5.74, 6) is 0.761. The third-order valence-electron chi connectivity index (χ3n) is 3.33. The Hall–Kier alpha value is -1.89. The SMILES string of the molecule is CCc1nnc(N2CCN(C(=O)c3cccs3)CC2)o1. The molecule has 1 aliphatic rings. The van der Waals surface area contributed by atoms with Crippen LogP contribution in [0.4, 0.5) is 6.01 Å². The van der Waals surface area contributed by atoms with Gasteiger partial charge < -0.3 is 14.2 Å². The van der Waals surface area contributed by atoms with Crippen molar-refractivity contribution in [3.63, 3.8) is 0 Å². The van der Waals surface area contributed by atoms with Crippen LogP contribution in [0.5, 0.6) is 0 Å². The van der Waals surface area contributed by atoms with Crippen LogP contribution in [-0.2, 0) is 6.42 Å². The van der Waals surface area contributed by atoms with Gasteiger partial charge in [0, 0.05) is 32.6 Å². The maximum atomic E-state index is 12.2. The Kier molecular flexibility index (Phi) is 3.68. The van der Waals surface area contributed by atoms with Crippen LogP contribution >= 0.6 is 11.3 Å². The molecule has 20 heavy (non-hydrogen) atoms. The summed E-state index contributed by atoms with van der Waals surface area (Å²) < 4.78 is 5.54. The van der Waals surface area contributed by atoms with Crippen LogP contribution in [-0.4, -0.2) is 47.2 Å². The second-order valence-corrected chi connectivity index (χ2v) is 5.54. The number of rotatable bonds is 3. The number of nitrogens with zero attached hydrogens (tertiary/aromatic N) is 4. The monoisotopic (exact) mass is 292 g/mol. The molecule has 1 aliphatic heterocycles. The lowest BCUT2D eigenvalue weighted by Gasteiger charge is -2.33. The Morgan fingerprint density at radius 3 is 2.75 bits per heavy atom. The Morgan fingerprint density at radius 1 is 1.35 bits per heavy atom. The number of hydrogen-bond acceptors (Lipinski definition) is 6. The van der Waals surface area contributed by atoms with Gasteiger partial charge in [-0.25, -0.2) is 0 Å². The van der Waals surface area contributed by atoms with E-state index in [9.17, 15) is 4.79 Å². The molecule has 0 spiro atoms. The molecule has 1 amide bonds. The molecule has 106 valence electrons. The molecule has 2 aromatic heterocycles. The first-order chi connectivity index (χ1) is 9.78. The highest BCUT2D eigenvalue weighted by Crippen LogP contribution is 2.17. The van der Waals surface area contributed by atoms with E-state index in [1.54, 1.807) is 0 Å². The van der Waals surface area contributed by atoms with Crippen molar-refractivity contribution in [3.05, 3.63) is 28.3 Å². The topological polar surface area (TPSA) is 62.5 Å². The average Bonchev–Trinajstić information content (AvgIpc) is 3.18. The summed E-state index contributed by atoms with van der Waals surface area (Å²) in [4.78, 5) is 16.9. The quantitative estimate of drug-likeness (QED) is 0.861. The van der Waals surface area contributed by atoms with Crippen LogP contribution in [0.15, 0.2) is 21.9 Å². The van der Waals surface area contributed by atoms with Gasteiger partial charge in [-0.05, 0) is 11.4 Å². The molecule has 3 heterocycles. The largest absolute Gasteiger partial charge is 0.408 e. The minimum atomic E-state index is 0.111. The zero-order chi connectivity index (χ0) is 13.9. The molecule has 7 heteroatoms. The van der Waals surface area contributed by atoms with Crippen molar-refractivity contribution in [1.29, 1.82) is 0 Å². The van der Waals surface area contributed by atoms with Gasteiger partial charge in [-0.1, -0.05) is 18.1 Å². The van der Waals surface area contributed by atoms with Crippen molar-refractivity contribution in [2.75, 3.05) is 31.1 Å². The Morgan fingerprint density at radius 2 is 2.15 bits per heavy atom. The van der Waals surface area contributed by atoms with E-state index in [0.717, 1.165) is 24.4 Å². The molecule has 0 radical (unpaired) electrons. The molecule has 0 N–H and O–H groups in total. The summed E-state index contributed by atoms with van der Waals surface area (Å²) >= 11 is 1.48. The van der Waals surface area contributed by atoms with E-state index in [1.807, 2.05) is 34.2 Å². The van der Waals surface area contributed by atoms with Crippen molar-refractivity contribution >= 4 is 23.3 Å². The fourth-order valence-electron chi connectivity index (χ4n) is 2.17. The van der Waals surface area contributed by atoms with Crippen molar-refractivity contribution in [2.24, 2.45) is 0 Å². The van der Waals surface area contributed by atoms with Gasteiger partial charge in [0.2, 0.25) is 5.89 Å². The fraction of sp³-hybridized carbons (Fsp3) is 0.462. The Balaban J connectivity index is 1.60. The molecule has 1 fully saturated rings. The molecule has 6 nitrogen and oxygen atoms in total. The van der Waals surface area contributed by atoms with Gasteiger partial charge in [0.25, 0.3) is 5.91 Å². The predicted molar refractivity (Wildman–Crippen MR) is 76.1 cm³/mol. The lowest BCUT2D eigenvalue weighted by Crippen LogP contribution is -2.48. The number of aromatic nitrogens is 2. The molecule has 0 atom stereocenters. The number of piperazine rings is 1. The highest BCUT2D eigenvalue weighted by Gasteiger charge is 2.25. The van der Waals surface area contributed by atoms with Crippen LogP contribution in [0.25, 0.3) is 0 Å². The normalized spacial score (nSPS) is 15.7. The fourth-order valence-corrected chi connectivity index (χ4v) is 2.86. The molecule has 1 saturated heterocycles. The molecule has 3 rings (SSSR count). The number of carbonyl (C=O) groups excluding carboxylic acids is 1. The molecular weight excluding hydrogens is 276 g/mol. The summed E-state index contributed by atoms with van der Waals surface area (Å²) in [5, 5.41) is 9.93. The van der Waals surface area contributed by atoms with Crippen LogP contribution in [0.3, 0.4) is 0 Å². The second-order valence-electron chi connectivity index (χ2n) is 4.59. The second kappa shape index (κ2) is 5.62. The molecule has 0 aromatic carbocycles. The number of amides is 1. The first-order valence-electron chi connectivity index (χ1n) is 6.68. The first-order valence-corrected chi connectivity index (χ1v) is 7.56. The van der Waals surface area contributed by atoms with E-state index in [-0.39, 0.29) is 5.91 Å². The van der Waals surface area contributed by atoms with Crippen molar-refractivity contribution < 1.29 is 9.21 Å². The maximum absolute atomic E-state index is 12.2. The zero-order valence-corrected chi connectivity index (χ0v) is 12.1. The number of hydrogen-bond donors (Lipinski definition) is 0. The highest BCUT2D eigenvalue weighted by molar-refractivity contribution is 7.12. The van der Waals surface area contributed by atoms with Gasteiger partial charge in [-0.15, -0.1) is 16.4 Å². The standard InChI is InChI=1S/C13H16N4O2S/c1-2-11-14-15-13(19-11)17-7-5-16(6-8-17)12(18)10-4-3-9-20-10/h3-4,9H,2,5-8H2,1H3. The smallest absolute Gasteiger partial charge is 0.318 e. The molecular formula is C13H16N4O2S. The molecule has 0 unspecified atom stereocenters. The summed E-state index contributed by atoms with van der Waals surface area (Å²) in [6.45, 7) is 4.79. The molecule has 2 aromatic rings. The van der Waals surface area contributed by atoms with Crippen molar-refractivity contribution in [3.8, 4) is 0 Å². The molecule has 0 aliphatic carbocycles. The molecule has 0 bridgehead atoms. The van der Waals surface area contributed by atoms with Gasteiger partial charge in [0.1, 0.15) is 0 Å². The maximum Gasteiger partial charge on any atom is 0.318 e. The highest BCUT2D eigenvalue weighted by atomic mass is 32.1. The number of thiophene rings is 1. The van der Waals surface area contributed by atoms with Crippen LogP contribution < -0.4 is 4.90 Å². The zero-order valence-electron chi connectivity index (χ0n) is 11.3. The van der Waals surface area contributed by atoms with Crippen molar-refractivity contribution in [2.45, 2.75) is 13.3 Å². The number of aryl methyl sites for hydroxylation is 1. The number of anilines is 1. The van der Waals surface area contributed by atoms with E-state index in [1.165, 1.54) is 11.3 Å². The first kappa shape index (κ1) is 13.1. The molecule has 0 saturated carbocycles. The third-order valence-corrected chi connectivity index (χ3v) is 4.19. The van der Waals surface area contributed by atoms with Gasteiger partial charge in [-0.2, -0.15) is 0 Å². The number of carbonyl (C=O) groups is 1. The minimum Gasteiger partial charge on any atom is -0.408 e. The summed E-state index contributed by atoms with van der Waals surface area (Å²) in [5.41, 5.74) is 0. The van der Waals surface area contributed by atoms with E-state index in [4.69, 9.17) is 4.42 Å². The summed E-state index contributed by atoms with van der Waals surface area (Å²) in [6, 6.07) is 4.33. The lowest BCUT2D eigenvalue weighted by atomic mass is 10.3. The summed E-state index contributed by atoms with van der Waals surface area (Å²) in [6.07, 6.45) is 0.740. The Bertz CT molecular complexity index is 573. The predicted octanol–water partition coefficient (Wildman–Crippen LogP) is 1.66. The van der Waals surface area contributed by atoms with Gasteiger partial charge >= 0.3 is 6.01 Å². The Labute approximate surface area is 121 Å². The van der Waals surface area contributed by atoms with Gasteiger partial charge in [-0.3, -0.25) is 4.79 Å². The van der Waals surface area contributed by atoms with E-state index in [2.05, 4.69) is 10.2 Å². The van der Waals surface area contributed by atoms with E-state index in [0.29, 0.717) is 25.0 Å². The summed E-state index contributed by atoms with van der Waals surface area (Å²) in [7, 11) is 0. The van der Waals surface area contributed by atoms with Crippen molar-refractivity contribution in [1.82, 2.24) is 15.1 Å².